The number of hydrogen-bond acceptors (Lipinski definition) is 4. The molecule has 0 aliphatic carbocycles. The van der Waals surface area contributed by atoms with Crippen molar-refractivity contribution in [2.75, 3.05) is 26.9 Å². The van der Waals surface area contributed by atoms with E-state index in [2.05, 4.69) is 11.9 Å². The van der Waals surface area contributed by atoms with Crippen molar-refractivity contribution >= 4 is 35.2 Å². The van der Waals surface area contributed by atoms with E-state index in [1.807, 2.05) is 0 Å². The summed E-state index contributed by atoms with van der Waals surface area (Å²) in [7, 11) is 1.51. The molecule has 1 aliphatic rings. The van der Waals surface area contributed by atoms with Gasteiger partial charge in [0.25, 0.3) is 0 Å². The van der Waals surface area contributed by atoms with Gasteiger partial charge in [0.1, 0.15) is 6.61 Å². The number of hydrogen-bond donors (Lipinski definition) is 1. The Kier molecular flexibility index (Phi) is 7.08. The second-order valence-electron chi connectivity index (χ2n) is 5.54. The van der Waals surface area contributed by atoms with Crippen LogP contribution in [-0.4, -0.2) is 43.8 Å². The Balaban J connectivity index is 2.52. The van der Waals surface area contributed by atoms with Crippen molar-refractivity contribution in [3.8, 4) is 0 Å². The van der Waals surface area contributed by atoms with Crippen molar-refractivity contribution in [3.63, 3.8) is 0 Å². The number of allylic oxidation sites excluding steroid dienone is 1. The van der Waals surface area contributed by atoms with Crippen molar-refractivity contribution in [1.29, 1.82) is 0 Å². The molecule has 0 aromatic heterocycles. The molecule has 0 radical (unpaired) electrons. The average Bonchev–Trinajstić information content (AvgIpc) is 2.58. The summed E-state index contributed by atoms with van der Waals surface area (Å²) in [6.07, 6.45) is 1.57. The first-order chi connectivity index (χ1) is 12.4. The predicted octanol–water partition coefficient (Wildman–Crippen LogP) is 3.71. The monoisotopic (exact) mass is 398 g/mol. The number of halogens is 2. The molecule has 1 N–H and O–H groups in total. The molecule has 0 saturated carbocycles. The summed E-state index contributed by atoms with van der Waals surface area (Å²) in [6, 6.07) is 3.79. The molecule has 2 amide bonds. The maximum Gasteiger partial charge on any atom is 0.338 e. The fourth-order valence-corrected chi connectivity index (χ4v) is 3.31. The number of methoxy groups -OCH3 is 1. The number of ether oxygens (including phenoxy) is 2. The Hall–Kier alpha value is -2.02. The first kappa shape index (κ1) is 20.3. The largest absolute Gasteiger partial charge is 0.460 e. The van der Waals surface area contributed by atoms with E-state index in [9.17, 15) is 9.59 Å². The average molecular weight is 399 g/mol. The van der Waals surface area contributed by atoms with Crippen LogP contribution in [0, 0.1) is 0 Å². The SMILES string of the molecule is C=CCN1C(=O)N[C@@H](c2c(Cl)cccc2Cl)C(C(=O)OCCOC)=C1C. The highest BCUT2D eigenvalue weighted by Gasteiger charge is 2.37. The van der Waals surface area contributed by atoms with Crippen LogP contribution in [0.2, 0.25) is 10.0 Å². The fraction of sp³-hybridized carbons (Fsp3) is 0.333. The number of nitrogens with one attached hydrogen (secondary N) is 1. The van der Waals surface area contributed by atoms with Crippen molar-refractivity contribution in [3.05, 3.63) is 57.7 Å². The molecule has 0 bridgehead atoms. The summed E-state index contributed by atoms with van der Waals surface area (Å²) in [5.74, 6) is -0.574. The summed E-state index contributed by atoms with van der Waals surface area (Å²) < 4.78 is 10.2. The molecule has 1 atom stereocenters. The minimum atomic E-state index is -0.820. The Morgan fingerprint density at radius 1 is 1.35 bits per heavy atom. The van der Waals surface area contributed by atoms with Crippen molar-refractivity contribution in [2.24, 2.45) is 0 Å². The smallest absolute Gasteiger partial charge is 0.338 e. The minimum absolute atomic E-state index is 0.0878. The number of esters is 1. The van der Waals surface area contributed by atoms with Gasteiger partial charge in [-0.3, -0.25) is 4.90 Å². The lowest BCUT2D eigenvalue weighted by atomic mass is 9.94. The molecule has 0 spiro atoms. The molecule has 1 aromatic carbocycles. The summed E-state index contributed by atoms with van der Waals surface area (Å²) in [4.78, 5) is 26.6. The first-order valence-corrected chi connectivity index (χ1v) is 8.67. The second-order valence-corrected chi connectivity index (χ2v) is 6.36. The Morgan fingerprint density at radius 2 is 2.00 bits per heavy atom. The number of urea groups is 1. The van der Waals surface area contributed by atoms with Crippen molar-refractivity contribution in [2.45, 2.75) is 13.0 Å². The van der Waals surface area contributed by atoms with E-state index >= 15 is 0 Å². The molecule has 2 rings (SSSR count). The number of benzene rings is 1. The van der Waals surface area contributed by atoms with Gasteiger partial charge in [0.05, 0.1) is 18.2 Å². The third kappa shape index (κ3) is 4.20. The third-order valence-corrected chi connectivity index (χ3v) is 4.60. The molecule has 0 saturated heterocycles. The lowest BCUT2D eigenvalue weighted by Gasteiger charge is -2.35. The lowest BCUT2D eigenvalue weighted by molar-refractivity contribution is -0.140. The third-order valence-electron chi connectivity index (χ3n) is 3.94. The van der Waals surface area contributed by atoms with Crippen molar-refractivity contribution < 1.29 is 19.1 Å². The Morgan fingerprint density at radius 3 is 2.58 bits per heavy atom. The summed E-state index contributed by atoms with van der Waals surface area (Å²) in [5, 5.41) is 3.47. The molecular weight excluding hydrogens is 379 g/mol. The van der Waals surface area contributed by atoms with Crippen LogP contribution in [0.5, 0.6) is 0 Å². The van der Waals surface area contributed by atoms with E-state index in [4.69, 9.17) is 32.7 Å². The van der Waals surface area contributed by atoms with E-state index in [1.165, 1.54) is 12.0 Å². The van der Waals surface area contributed by atoms with Gasteiger partial charge in [-0.25, -0.2) is 9.59 Å². The molecule has 1 heterocycles. The zero-order chi connectivity index (χ0) is 19.3. The molecule has 140 valence electrons. The topological polar surface area (TPSA) is 67.9 Å². The van der Waals surface area contributed by atoms with Gasteiger partial charge < -0.3 is 14.8 Å². The standard InChI is InChI=1S/C18H20Cl2N2O4/c1-4-8-22-11(2)14(17(23)26-10-9-25-3)16(21-18(22)24)15-12(19)6-5-7-13(15)20/h4-7,16H,1,8-10H2,2-3H3,(H,21,24)/t16-/m1/s1. The zero-order valence-electron chi connectivity index (χ0n) is 14.6. The van der Waals surface area contributed by atoms with E-state index in [1.54, 1.807) is 31.2 Å². The highest BCUT2D eigenvalue weighted by molar-refractivity contribution is 6.36. The molecule has 26 heavy (non-hydrogen) atoms. The van der Waals surface area contributed by atoms with Crippen LogP contribution in [0.4, 0.5) is 4.79 Å². The van der Waals surface area contributed by atoms with Crippen molar-refractivity contribution in [1.82, 2.24) is 10.2 Å². The van der Waals surface area contributed by atoms with E-state index in [0.717, 1.165) is 0 Å². The molecule has 8 heteroatoms. The molecule has 1 aliphatic heterocycles. The van der Waals surface area contributed by atoms with Crippen LogP contribution in [0.1, 0.15) is 18.5 Å². The fourth-order valence-electron chi connectivity index (χ4n) is 2.69. The lowest BCUT2D eigenvalue weighted by Crippen LogP contribution is -2.48. The van der Waals surface area contributed by atoms with Crippen LogP contribution < -0.4 is 5.32 Å². The van der Waals surface area contributed by atoms with Gasteiger partial charge in [-0.05, 0) is 19.1 Å². The van der Waals surface area contributed by atoms with Gasteiger partial charge in [-0.1, -0.05) is 35.3 Å². The van der Waals surface area contributed by atoms with E-state index in [-0.39, 0.29) is 31.4 Å². The highest BCUT2D eigenvalue weighted by atomic mass is 35.5. The minimum Gasteiger partial charge on any atom is -0.460 e. The highest BCUT2D eigenvalue weighted by Crippen LogP contribution is 2.38. The van der Waals surface area contributed by atoms with Gasteiger partial charge in [0, 0.05) is 35.0 Å². The maximum absolute atomic E-state index is 12.7. The number of carbonyl (C=O) groups is 2. The van der Waals surface area contributed by atoms with Gasteiger partial charge in [-0.2, -0.15) is 0 Å². The van der Waals surface area contributed by atoms with E-state index < -0.39 is 12.0 Å². The summed E-state index contributed by atoms with van der Waals surface area (Å²) in [5.41, 5.74) is 1.16. The van der Waals surface area contributed by atoms with Gasteiger partial charge >= 0.3 is 12.0 Å². The number of carbonyl (C=O) groups excluding carboxylic acids is 2. The summed E-state index contributed by atoms with van der Waals surface area (Å²) >= 11 is 12.6. The quantitative estimate of drug-likeness (QED) is 0.431. The van der Waals surface area contributed by atoms with Crippen LogP contribution in [0.3, 0.4) is 0 Å². The summed E-state index contributed by atoms with van der Waals surface area (Å²) in [6.45, 7) is 5.91. The molecule has 0 fully saturated rings. The normalized spacial score (nSPS) is 17.2. The number of rotatable bonds is 7. The zero-order valence-corrected chi connectivity index (χ0v) is 16.1. The Bertz CT molecular complexity index is 728. The predicted molar refractivity (Wildman–Crippen MR) is 100 cm³/mol. The first-order valence-electron chi connectivity index (χ1n) is 7.92. The molecule has 1 aromatic rings. The van der Waals surface area contributed by atoms with Crippen LogP contribution in [0.25, 0.3) is 0 Å². The molecule has 6 nitrogen and oxygen atoms in total. The second kappa shape index (κ2) is 9.07. The van der Waals surface area contributed by atoms with Gasteiger partial charge in [0.15, 0.2) is 0 Å². The maximum atomic E-state index is 12.7. The Labute approximate surface area is 162 Å². The number of nitrogens with zero attached hydrogens (tertiary/aromatic N) is 1. The van der Waals surface area contributed by atoms with E-state index in [0.29, 0.717) is 21.3 Å². The van der Waals surface area contributed by atoms with Crippen LogP contribution in [0.15, 0.2) is 42.1 Å². The van der Waals surface area contributed by atoms with Crippen LogP contribution >= 0.6 is 23.2 Å². The van der Waals surface area contributed by atoms with Gasteiger partial charge in [-0.15, -0.1) is 6.58 Å². The number of amides is 2. The molecular formula is C18H20Cl2N2O4. The molecule has 0 unspecified atom stereocenters. The van der Waals surface area contributed by atoms with Gasteiger partial charge in [0.2, 0.25) is 0 Å². The van der Waals surface area contributed by atoms with Crippen LogP contribution in [-0.2, 0) is 14.3 Å².